The van der Waals surface area contributed by atoms with Crippen LogP contribution >= 0.6 is 11.6 Å². The van der Waals surface area contributed by atoms with Gasteiger partial charge in [0.25, 0.3) is 0 Å². The van der Waals surface area contributed by atoms with Gasteiger partial charge in [0.05, 0.1) is 0 Å². The van der Waals surface area contributed by atoms with E-state index in [2.05, 4.69) is 45.1 Å². The van der Waals surface area contributed by atoms with Crippen molar-refractivity contribution in [3.63, 3.8) is 0 Å². The van der Waals surface area contributed by atoms with Gasteiger partial charge in [0.15, 0.2) is 0 Å². The van der Waals surface area contributed by atoms with E-state index in [1.165, 1.54) is 31.2 Å². The molecule has 1 aromatic carbocycles. The fourth-order valence-electron chi connectivity index (χ4n) is 2.67. The fraction of sp³-hybridized carbons (Fsp3) is 0.667. The predicted molar refractivity (Wildman–Crippen MR) is 90.5 cm³/mol. The quantitative estimate of drug-likeness (QED) is 0.637. The first-order chi connectivity index (χ1) is 9.51. The number of benzene rings is 1. The number of hydrogen-bond donors (Lipinski definition) is 1. The van der Waals surface area contributed by atoms with Crippen LogP contribution in [0.2, 0.25) is 5.02 Å². The van der Waals surface area contributed by atoms with E-state index in [4.69, 9.17) is 11.6 Å². The summed E-state index contributed by atoms with van der Waals surface area (Å²) in [5.41, 5.74) is 1.77. The summed E-state index contributed by atoms with van der Waals surface area (Å²) < 4.78 is 0. The molecule has 0 aliphatic rings. The molecule has 1 rings (SSSR count). The van der Waals surface area contributed by atoms with Crippen LogP contribution in [0.15, 0.2) is 24.3 Å². The third-order valence-electron chi connectivity index (χ3n) is 4.19. The van der Waals surface area contributed by atoms with Crippen molar-refractivity contribution in [2.45, 2.75) is 65.8 Å². The van der Waals surface area contributed by atoms with Crippen LogP contribution in [0.1, 0.15) is 58.9 Å². The lowest BCUT2D eigenvalue weighted by molar-refractivity contribution is 0.223. The van der Waals surface area contributed by atoms with E-state index < -0.39 is 0 Å². The summed E-state index contributed by atoms with van der Waals surface area (Å²) in [4.78, 5) is 0. The first kappa shape index (κ1) is 17.5. The Morgan fingerprint density at radius 1 is 1.15 bits per heavy atom. The van der Waals surface area contributed by atoms with Gasteiger partial charge in [0, 0.05) is 17.6 Å². The van der Waals surface area contributed by atoms with Gasteiger partial charge in [-0.1, -0.05) is 64.3 Å². The van der Waals surface area contributed by atoms with Gasteiger partial charge < -0.3 is 5.32 Å². The van der Waals surface area contributed by atoms with Crippen LogP contribution in [0.3, 0.4) is 0 Å². The molecule has 1 N–H and O–H groups in total. The maximum atomic E-state index is 5.99. The van der Waals surface area contributed by atoms with Gasteiger partial charge in [0.2, 0.25) is 0 Å². The number of hydrogen-bond acceptors (Lipinski definition) is 1. The standard InChI is InChI=1S/C18H30ClN/c1-5-7-12-18(6-2,14-20-15(3)4)13-16-8-10-17(19)11-9-16/h8-11,15,20H,5-7,12-14H2,1-4H3. The average molecular weight is 296 g/mol. The summed E-state index contributed by atoms with van der Waals surface area (Å²) in [7, 11) is 0. The molecule has 0 radical (unpaired) electrons. The lowest BCUT2D eigenvalue weighted by atomic mass is 9.75. The lowest BCUT2D eigenvalue weighted by Gasteiger charge is -2.34. The minimum Gasteiger partial charge on any atom is -0.314 e. The predicted octanol–water partition coefficient (Wildman–Crippen LogP) is 5.47. The summed E-state index contributed by atoms with van der Waals surface area (Å²) in [6.45, 7) is 10.2. The zero-order valence-corrected chi connectivity index (χ0v) is 14.3. The van der Waals surface area contributed by atoms with Crippen molar-refractivity contribution in [2.24, 2.45) is 5.41 Å². The molecule has 1 nitrogen and oxygen atoms in total. The van der Waals surface area contributed by atoms with Gasteiger partial charge in [-0.05, 0) is 42.4 Å². The lowest BCUT2D eigenvalue weighted by Crippen LogP contribution is -2.39. The van der Waals surface area contributed by atoms with Crippen LogP contribution in [0.25, 0.3) is 0 Å². The molecule has 0 saturated carbocycles. The Morgan fingerprint density at radius 2 is 1.80 bits per heavy atom. The highest BCUT2D eigenvalue weighted by Crippen LogP contribution is 2.33. The van der Waals surface area contributed by atoms with Crippen molar-refractivity contribution in [1.29, 1.82) is 0 Å². The summed E-state index contributed by atoms with van der Waals surface area (Å²) in [6, 6.07) is 8.91. The molecule has 1 unspecified atom stereocenters. The van der Waals surface area contributed by atoms with Gasteiger partial charge in [-0.25, -0.2) is 0 Å². The molecule has 1 atom stereocenters. The van der Waals surface area contributed by atoms with Gasteiger partial charge in [-0.3, -0.25) is 0 Å². The summed E-state index contributed by atoms with van der Waals surface area (Å²) in [6.07, 6.45) is 6.23. The first-order valence-corrected chi connectivity index (χ1v) is 8.37. The van der Waals surface area contributed by atoms with E-state index in [1.54, 1.807) is 0 Å². The Kier molecular flexibility index (Phi) is 7.61. The van der Waals surface area contributed by atoms with Crippen molar-refractivity contribution >= 4 is 11.6 Å². The Labute approximate surface area is 130 Å². The molecular formula is C18H30ClN. The first-order valence-electron chi connectivity index (χ1n) is 7.99. The Bertz CT molecular complexity index is 372. The molecule has 0 spiro atoms. The largest absolute Gasteiger partial charge is 0.314 e. The van der Waals surface area contributed by atoms with Crippen LogP contribution < -0.4 is 5.32 Å². The third-order valence-corrected chi connectivity index (χ3v) is 4.44. The molecule has 2 heteroatoms. The molecule has 0 amide bonds. The number of unbranched alkanes of at least 4 members (excludes halogenated alkanes) is 1. The van der Waals surface area contributed by atoms with Crippen molar-refractivity contribution in [1.82, 2.24) is 5.32 Å². The van der Waals surface area contributed by atoms with E-state index in [-0.39, 0.29) is 0 Å². The van der Waals surface area contributed by atoms with Crippen molar-refractivity contribution in [3.05, 3.63) is 34.9 Å². The van der Waals surface area contributed by atoms with Crippen molar-refractivity contribution in [3.8, 4) is 0 Å². The fourth-order valence-corrected chi connectivity index (χ4v) is 2.80. The summed E-state index contributed by atoms with van der Waals surface area (Å²) in [5.74, 6) is 0. The third kappa shape index (κ3) is 5.85. The normalized spacial score (nSPS) is 14.5. The molecule has 0 aromatic heterocycles. The zero-order valence-electron chi connectivity index (χ0n) is 13.5. The zero-order chi connectivity index (χ0) is 15.0. The average Bonchev–Trinajstić information content (AvgIpc) is 2.44. The second kappa shape index (κ2) is 8.69. The van der Waals surface area contributed by atoms with Crippen LogP contribution in [0, 0.1) is 5.41 Å². The number of halogens is 1. The van der Waals surface area contributed by atoms with Crippen LogP contribution in [0.4, 0.5) is 0 Å². The van der Waals surface area contributed by atoms with E-state index in [0.717, 1.165) is 18.0 Å². The number of rotatable bonds is 9. The molecule has 0 bridgehead atoms. The highest BCUT2D eigenvalue weighted by molar-refractivity contribution is 6.30. The van der Waals surface area contributed by atoms with E-state index in [9.17, 15) is 0 Å². The molecule has 0 aliphatic carbocycles. The number of nitrogens with one attached hydrogen (secondary N) is 1. The van der Waals surface area contributed by atoms with Crippen molar-refractivity contribution in [2.75, 3.05) is 6.54 Å². The smallest absolute Gasteiger partial charge is 0.0406 e. The summed E-state index contributed by atoms with van der Waals surface area (Å²) >= 11 is 5.99. The van der Waals surface area contributed by atoms with E-state index >= 15 is 0 Å². The minimum atomic E-state index is 0.369. The topological polar surface area (TPSA) is 12.0 Å². The van der Waals surface area contributed by atoms with Crippen molar-refractivity contribution < 1.29 is 0 Å². The maximum absolute atomic E-state index is 5.99. The second-order valence-electron chi connectivity index (χ2n) is 6.30. The maximum Gasteiger partial charge on any atom is 0.0406 e. The molecule has 0 saturated heterocycles. The van der Waals surface area contributed by atoms with Gasteiger partial charge in [-0.2, -0.15) is 0 Å². The molecule has 20 heavy (non-hydrogen) atoms. The molecular weight excluding hydrogens is 266 g/mol. The Hall–Kier alpha value is -0.530. The van der Waals surface area contributed by atoms with Crippen LogP contribution in [-0.4, -0.2) is 12.6 Å². The van der Waals surface area contributed by atoms with E-state index in [0.29, 0.717) is 11.5 Å². The molecule has 0 aliphatic heterocycles. The Morgan fingerprint density at radius 3 is 2.30 bits per heavy atom. The van der Waals surface area contributed by atoms with E-state index in [1.807, 2.05) is 12.1 Å². The van der Waals surface area contributed by atoms with Crippen LogP contribution in [-0.2, 0) is 6.42 Å². The van der Waals surface area contributed by atoms with Gasteiger partial charge in [-0.15, -0.1) is 0 Å². The highest BCUT2D eigenvalue weighted by Gasteiger charge is 2.27. The molecule has 0 fully saturated rings. The molecule has 0 heterocycles. The SMILES string of the molecule is CCCCC(CC)(CNC(C)C)Cc1ccc(Cl)cc1. The monoisotopic (exact) mass is 295 g/mol. The minimum absolute atomic E-state index is 0.369. The van der Waals surface area contributed by atoms with Crippen LogP contribution in [0.5, 0.6) is 0 Å². The molecule has 1 aromatic rings. The second-order valence-corrected chi connectivity index (χ2v) is 6.73. The Balaban J connectivity index is 2.80. The molecule has 114 valence electrons. The van der Waals surface area contributed by atoms with Gasteiger partial charge in [0.1, 0.15) is 0 Å². The summed E-state index contributed by atoms with van der Waals surface area (Å²) in [5, 5.41) is 4.48. The highest BCUT2D eigenvalue weighted by atomic mass is 35.5. The van der Waals surface area contributed by atoms with Gasteiger partial charge >= 0.3 is 0 Å².